The van der Waals surface area contributed by atoms with Crippen molar-refractivity contribution >= 4 is 15.7 Å². The Labute approximate surface area is 90.8 Å². The maximum Gasteiger partial charge on any atom is 0.220 e. The van der Waals surface area contributed by atoms with E-state index in [1.807, 2.05) is 6.92 Å². The Balaban J connectivity index is 3.75. The van der Waals surface area contributed by atoms with Gasteiger partial charge in [0.2, 0.25) is 5.91 Å². The molecule has 0 aliphatic rings. The molecule has 0 heterocycles. The van der Waals surface area contributed by atoms with Crippen LogP contribution in [0.2, 0.25) is 0 Å². The van der Waals surface area contributed by atoms with Crippen molar-refractivity contribution in [3.63, 3.8) is 0 Å². The van der Waals surface area contributed by atoms with Crippen molar-refractivity contribution in [2.24, 2.45) is 0 Å². The van der Waals surface area contributed by atoms with Crippen LogP contribution in [-0.2, 0) is 14.6 Å². The first kappa shape index (κ1) is 14.4. The lowest BCUT2D eigenvalue weighted by Gasteiger charge is -2.13. The summed E-state index contributed by atoms with van der Waals surface area (Å²) >= 11 is 0. The highest BCUT2D eigenvalue weighted by molar-refractivity contribution is 7.90. The highest BCUT2D eigenvalue weighted by Gasteiger charge is 2.10. The van der Waals surface area contributed by atoms with Crippen molar-refractivity contribution in [3.05, 3.63) is 0 Å². The fraction of sp³-hybridized carbons (Fsp3) is 0.889. The van der Waals surface area contributed by atoms with Crippen LogP contribution in [0.15, 0.2) is 0 Å². The first-order valence-electron chi connectivity index (χ1n) is 4.97. The van der Waals surface area contributed by atoms with Gasteiger partial charge < -0.3 is 10.4 Å². The Morgan fingerprint density at radius 1 is 1.47 bits per heavy atom. The van der Waals surface area contributed by atoms with E-state index in [0.717, 1.165) is 6.26 Å². The van der Waals surface area contributed by atoms with E-state index < -0.39 is 9.84 Å². The summed E-state index contributed by atoms with van der Waals surface area (Å²) in [6.07, 6.45) is 2.32. The van der Waals surface area contributed by atoms with Gasteiger partial charge in [0.25, 0.3) is 0 Å². The number of aliphatic hydroxyl groups is 1. The van der Waals surface area contributed by atoms with Crippen LogP contribution in [0.5, 0.6) is 0 Å². The third-order valence-corrected chi connectivity index (χ3v) is 3.03. The number of amides is 1. The summed E-state index contributed by atoms with van der Waals surface area (Å²) in [5, 5.41) is 11.4. The second-order valence-corrected chi connectivity index (χ2v) is 5.85. The van der Waals surface area contributed by atoms with Crippen molar-refractivity contribution in [2.75, 3.05) is 18.6 Å². The minimum Gasteiger partial charge on any atom is -0.394 e. The minimum atomic E-state index is -2.99. The molecule has 2 N–H and O–H groups in total. The zero-order chi connectivity index (χ0) is 11.9. The molecule has 90 valence electrons. The number of rotatable bonds is 7. The molecule has 1 atom stereocenters. The lowest BCUT2D eigenvalue weighted by molar-refractivity contribution is -0.122. The molecule has 0 fully saturated rings. The van der Waals surface area contributed by atoms with Gasteiger partial charge in [-0.05, 0) is 12.8 Å². The van der Waals surface area contributed by atoms with E-state index in [4.69, 9.17) is 5.11 Å². The zero-order valence-corrected chi connectivity index (χ0v) is 10.0. The van der Waals surface area contributed by atoms with E-state index in [0.29, 0.717) is 12.8 Å². The highest BCUT2D eigenvalue weighted by Crippen LogP contribution is 1.96. The molecule has 0 saturated carbocycles. The number of carbonyl (C=O) groups excluding carboxylic acids is 1. The van der Waals surface area contributed by atoms with E-state index in [-0.39, 0.29) is 30.7 Å². The normalized spacial score (nSPS) is 13.5. The SMILES string of the molecule is CCC(CO)NC(=O)CCCS(C)(=O)=O. The first-order chi connectivity index (χ1) is 6.89. The molecule has 0 aliphatic heterocycles. The molecule has 0 spiro atoms. The fourth-order valence-corrected chi connectivity index (χ4v) is 1.74. The van der Waals surface area contributed by atoms with Crippen molar-refractivity contribution in [1.29, 1.82) is 0 Å². The van der Waals surface area contributed by atoms with Crippen molar-refractivity contribution < 1.29 is 18.3 Å². The van der Waals surface area contributed by atoms with E-state index in [1.165, 1.54) is 0 Å². The summed E-state index contributed by atoms with van der Waals surface area (Å²) < 4.78 is 21.6. The summed E-state index contributed by atoms with van der Waals surface area (Å²) in [4.78, 5) is 11.2. The van der Waals surface area contributed by atoms with Crippen molar-refractivity contribution in [3.8, 4) is 0 Å². The molecule has 5 nitrogen and oxygen atoms in total. The molecule has 1 unspecified atom stereocenters. The van der Waals surface area contributed by atoms with Crippen molar-refractivity contribution in [1.82, 2.24) is 5.32 Å². The van der Waals surface area contributed by atoms with Crippen LogP contribution >= 0.6 is 0 Å². The highest BCUT2D eigenvalue weighted by atomic mass is 32.2. The Morgan fingerprint density at radius 3 is 2.47 bits per heavy atom. The molecule has 0 aromatic rings. The summed E-state index contributed by atoms with van der Waals surface area (Å²) in [6, 6.07) is -0.226. The summed E-state index contributed by atoms with van der Waals surface area (Å²) in [5.41, 5.74) is 0. The third kappa shape index (κ3) is 8.38. The Kier molecular flexibility index (Phi) is 6.51. The van der Waals surface area contributed by atoms with Crippen LogP contribution < -0.4 is 5.32 Å². The molecule has 6 heteroatoms. The van der Waals surface area contributed by atoms with Gasteiger partial charge in [0, 0.05) is 12.7 Å². The molecule has 15 heavy (non-hydrogen) atoms. The van der Waals surface area contributed by atoms with Crippen LogP contribution in [0.3, 0.4) is 0 Å². The predicted molar refractivity (Wildman–Crippen MR) is 58.3 cm³/mol. The smallest absolute Gasteiger partial charge is 0.220 e. The average Bonchev–Trinajstić information content (AvgIpc) is 2.12. The summed E-state index contributed by atoms with van der Waals surface area (Å²) in [5.74, 6) is -0.185. The second-order valence-electron chi connectivity index (χ2n) is 3.59. The van der Waals surface area contributed by atoms with E-state index >= 15 is 0 Å². The monoisotopic (exact) mass is 237 g/mol. The van der Waals surface area contributed by atoms with E-state index in [9.17, 15) is 13.2 Å². The number of hydrogen-bond acceptors (Lipinski definition) is 4. The summed E-state index contributed by atoms with van der Waals surface area (Å²) in [6.45, 7) is 1.77. The molecule has 0 radical (unpaired) electrons. The first-order valence-corrected chi connectivity index (χ1v) is 7.03. The molecule has 0 bridgehead atoms. The molecular formula is C9H19NO4S. The topological polar surface area (TPSA) is 83.5 Å². The quantitative estimate of drug-likeness (QED) is 0.636. The van der Waals surface area contributed by atoms with Crippen molar-refractivity contribution in [2.45, 2.75) is 32.2 Å². The Morgan fingerprint density at radius 2 is 2.07 bits per heavy atom. The standard InChI is InChI=1S/C9H19NO4S/c1-3-8(7-11)10-9(12)5-4-6-15(2,13)14/h8,11H,3-7H2,1-2H3,(H,10,12). The van der Waals surface area contributed by atoms with E-state index in [1.54, 1.807) is 0 Å². The van der Waals surface area contributed by atoms with Crippen LogP contribution in [0.1, 0.15) is 26.2 Å². The molecule has 1 amide bonds. The fourth-order valence-electron chi connectivity index (χ4n) is 1.07. The van der Waals surface area contributed by atoms with Gasteiger partial charge in [-0.3, -0.25) is 4.79 Å². The molecule has 0 rings (SSSR count). The lowest BCUT2D eigenvalue weighted by Crippen LogP contribution is -2.36. The lowest BCUT2D eigenvalue weighted by atomic mass is 10.2. The average molecular weight is 237 g/mol. The zero-order valence-electron chi connectivity index (χ0n) is 9.19. The van der Waals surface area contributed by atoms with Gasteiger partial charge in [-0.25, -0.2) is 8.42 Å². The van der Waals surface area contributed by atoms with Gasteiger partial charge in [0.15, 0.2) is 0 Å². The molecular weight excluding hydrogens is 218 g/mol. The van der Waals surface area contributed by atoms with Crippen LogP contribution in [0.4, 0.5) is 0 Å². The Bertz CT molecular complexity index is 282. The van der Waals surface area contributed by atoms with Crippen LogP contribution in [0, 0.1) is 0 Å². The van der Waals surface area contributed by atoms with Gasteiger partial charge in [-0.15, -0.1) is 0 Å². The maximum atomic E-state index is 11.2. The third-order valence-electron chi connectivity index (χ3n) is 2.00. The summed E-state index contributed by atoms with van der Waals surface area (Å²) in [7, 11) is -2.99. The van der Waals surface area contributed by atoms with Gasteiger partial charge >= 0.3 is 0 Å². The van der Waals surface area contributed by atoms with Gasteiger partial charge in [-0.1, -0.05) is 6.92 Å². The number of sulfone groups is 1. The predicted octanol–water partition coefficient (Wildman–Crippen LogP) is -0.302. The van der Waals surface area contributed by atoms with Gasteiger partial charge in [-0.2, -0.15) is 0 Å². The molecule has 0 aromatic carbocycles. The number of nitrogens with one attached hydrogen (secondary N) is 1. The second kappa shape index (κ2) is 6.79. The molecule has 0 aromatic heterocycles. The maximum absolute atomic E-state index is 11.2. The largest absolute Gasteiger partial charge is 0.394 e. The van der Waals surface area contributed by atoms with Crippen LogP contribution in [0.25, 0.3) is 0 Å². The van der Waals surface area contributed by atoms with Gasteiger partial charge in [0.1, 0.15) is 9.84 Å². The Hall–Kier alpha value is -0.620. The number of carbonyl (C=O) groups is 1. The number of hydrogen-bond donors (Lipinski definition) is 2. The van der Waals surface area contributed by atoms with E-state index in [2.05, 4.69) is 5.32 Å². The van der Waals surface area contributed by atoms with Crippen LogP contribution in [-0.4, -0.2) is 44.1 Å². The molecule has 0 saturated heterocycles. The number of aliphatic hydroxyl groups excluding tert-OH is 1. The minimum absolute atomic E-state index is 0.0241. The van der Waals surface area contributed by atoms with Gasteiger partial charge in [0.05, 0.1) is 18.4 Å². The molecule has 0 aliphatic carbocycles.